The maximum atomic E-state index is 12.2. The predicted octanol–water partition coefficient (Wildman–Crippen LogP) is 3.56. The Balaban J connectivity index is 2.12. The molecule has 0 radical (unpaired) electrons. The standard InChI is InChI=1S/C16H23NO4S/c1-16(2,3)21-15(20)17(4)11-6-5-7-12-10(8-11)9-13(22-12)14(18)19/h9,11H,5-8H2,1-4H3,(H,18,19). The summed E-state index contributed by atoms with van der Waals surface area (Å²) in [6, 6.07) is 1.80. The van der Waals surface area contributed by atoms with Gasteiger partial charge in [-0.15, -0.1) is 11.3 Å². The molecule has 1 N–H and O–H groups in total. The fourth-order valence-electron chi connectivity index (χ4n) is 2.62. The van der Waals surface area contributed by atoms with Gasteiger partial charge in [-0.2, -0.15) is 0 Å². The largest absolute Gasteiger partial charge is 0.477 e. The average molecular weight is 325 g/mol. The lowest BCUT2D eigenvalue weighted by Crippen LogP contribution is -2.41. The zero-order chi connectivity index (χ0) is 16.5. The third-order valence-corrected chi connectivity index (χ3v) is 4.96. The highest BCUT2D eigenvalue weighted by Gasteiger charge is 2.28. The molecule has 1 aromatic heterocycles. The van der Waals surface area contributed by atoms with Gasteiger partial charge in [-0.3, -0.25) is 0 Å². The molecule has 0 saturated carbocycles. The molecule has 0 saturated heterocycles. The van der Waals surface area contributed by atoms with Crippen molar-refractivity contribution in [2.45, 2.75) is 58.1 Å². The first kappa shape index (κ1) is 16.8. The number of ether oxygens (including phenoxy) is 1. The van der Waals surface area contributed by atoms with Crippen molar-refractivity contribution >= 4 is 23.4 Å². The molecule has 22 heavy (non-hydrogen) atoms. The molecular weight excluding hydrogens is 302 g/mol. The van der Waals surface area contributed by atoms with Crippen LogP contribution in [0, 0.1) is 0 Å². The molecule has 122 valence electrons. The molecule has 1 amide bonds. The summed E-state index contributed by atoms with van der Waals surface area (Å²) >= 11 is 1.35. The van der Waals surface area contributed by atoms with E-state index < -0.39 is 11.6 Å². The Morgan fingerprint density at radius 1 is 1.41 bits per heavy atom. The van der Waals surface area contributed by atoms with Crippen LogP contribution in [0.25, 0.3) is 0 Å². The number of hydrogen-bond donors (Lipinski definition) is 1. The zero-order valence-electron chi connectivity index (χ0n) is 13.5. The van der Waals surface area contributed by atoms with E-state index in [-0.39, 0.29) is 12.1 Å². The summed E-state index contributed by atoms with van der Waals surface area (Å²) < 4.78 is 5.42. The number of thiophene rings is 1. The Morgan fingerprint density at radius 3 is 2.68 bits per heavy atom. The second-order valence-corrected chi connectivity index (χ2v) is 7.84. The molecule has 2 rings (SSSR count). The Hall–Kier alpha value is -1.56. The molecule has 1 aliphatic rings. The van der Waals surface area contributed by atoms with E-state index in [2.05, 4.69) is 0 Å². The molecule has 6 heteroatoms. The van der Waals surface area contributed by atoms with Gasteiger partial charge in [-0.25, -0.2) is 9.59 Å². The number of carboxylic acid groups (broad SMARTS) is 1. The predicted molar refractivity (Wildman–Crippen MR) is 85.7 cm³/mol. The second-order valence-electron chi connectivity index (χ2n) is 6.71. The quantitative estimate of drug-likeness (QED) is 0.844. The van der Waals surface area contributed by atoms with E-state index >= 15 is 0 Å². The van der Waals surface area contributed by atoms with Crippen molar-refractivity contribution in [1.29, 1.82) is 0 Å². The molecule has 1 aliphatic carbocycles. The Bertz CT molecular complexity index is 573. The summed E-state index contributed by atoms with van der Waals surface area (Å²) in [5, 5.41) is 9.12. The van der Waals surface area contributed by atoms with Crippen LogP contribution in [0.2, 0.25) is 0 Å². The van der Waals surface area contributed by atoms with E-state index in [0.717, 1.165) is 29.7 Å². The highest BCUT2D eigenvalue weighted by molar-refractivity contribution is 7.14. The van der Waals surface area contributed by atoms with Crippen LogP contribution in [0.1, 0.15) is 53.7 Å². The molecule has 0 aromatic carbocycles. The summed E-state index contributed by atoms with van der Waals surface area (Å²) in [7, 11) is 1.76. The van der Waals surface area contributed by atoms with Crippen molar-refractivity contribution in [2.75, 3.05) is 7.05 Å². The van der Waals surface area contributed by atoms with Crippen molar-refractivity contribution in [3.8, 4) is 0 Å². The SMILES string of the molecule is CN(C(=O)OC(C)(C)C)C1CCCc2sc(C(=O)O)cc2C1. The number of carboxylic acids is 1. The van der Waals surface area contributed by atoms with E-state index in [0.29, 0.717) is 11.3 Å². The Kier molecular flexibility index (Phi) is 4.80. The highest BCUT2D eigenvalue weighted by atomic mass is 32.1. The summed E-state index contributed by atoms with van der Waals surface area (Å²) in [5.41, 5.74) is 0.542. The summed E-state index contributed by atoms with van der Waals surface area (Å²) in [6.45, 7) is 5.55. The minimum Gasteiger partial charge on any atom is -0.477 e. The Morgan fingerprint density at radius 2 is 2.09 bits per heavy atom. The maximum Gasteiger partial charge on any atom is 0.410 e. The van der Waals surface area contributed by atoms with Crippen molar-refractivity contribution < 1.29 is 19.4 Å². The van der Waals surface area contributed by atoms with Crippen LogP contribution in [0.5, 0.6) is 0 Å². The fourth-order valence-corrected chi connectivity index (χ4v) is 3.70. The lowest BCUT2D eigenvalue weighted by atomic mass is 10.1. The van der Waals surface area contributed by atoms with Crippen LogP contribution in [-0.2, 0) is 17.6 Å². The van der Waals surface area contributed by atoms with Crippen molar-refractivity contribution in [1.82, 2.24) is 4.90 Å². The Labute approximate surface area is 134 Å². The van der Waals surface area contributed by atoms with Gasteiger partial charge >= 0.3 is 12.1 Å². The van der Waals surface area contributed by atoms with Crippen LogP contribution >= 0.6 is 11.3 Å². The van der Waals surface area contributed by atoms with Gasteiger partial charge < -0.3 is 14.7 Å². The first-order valence-corrected chi connectivity index (χ1v) is 8.29. The van der Waals surface area contributed by atoms with Gasteiger partial charge in [0.1, 0.15) is 10.5 Å². The minimum absolute atomic E-state index is 0.0485. The first-order chi connectivity index (χ1) is 10.2. The monoisotopic (exact) mass is 325 g/mol. The number of aryl methyl sites for hydroxylation is 1. The van der Waals surface area contributed by atoms with E-state index in [1.54, 1.807) is 18.0 Å². The number of carbonyl (C=O) groups is 2. The highest BCUT2D eigenvalue weighted by Crippen LogP contribution is 2.30. The van der Waals surface area contributed by atoms with Crippen LogP contribution < -0.4 is 0 Å². The van der Waals surface area contributed by atoms with Gasteiger partial charge in [0.15, 0.2) is 0 Å². The summed E-state index contributed by atoms with van der Waals surface area (Å²) in [4.78, 5) is 26.5. The number of hydrogen-bond acceptors (Lipinski definition) is 4. The first-order valence-electron chi connectivity index (χ1n) is 7.48. The fraction of sp³-hybridized carbons (Fsp3) is 0.625. The number of likely N-dealkylation sites (N-methyl/N-ethyl adjacent to an activating group) is 1. The van der Waals surface area contributed by atoms with Crippen molar-refractivity contribution in [3.63, 3.8) is 0 Å². The van der Waals surface area contributed by atoms with Crippen LogP contribution in [-0.4, -0.2) is 40.8 Å². The number of rotatable bonds is 2. The number of carbonyl (C=O) groups excluding carboxylic acids is 1. The normalized spacial score (nSPS) is 18.3. The molecule has 0 bridgehead atoms. The van der Waals surface area contributed by atoms with Crippen molar-refractivity contribution in [2.24, 2.45) is 0 Å². The van der Waals surface area contributed by atoms with Crippen LogP contribution in [0.4, 0.5) is 4.79 Å². The van der Waals surface area contributed by atoms with E-state index in [4.69, 9.17) is 9.84 Å². The smallest absolute Gasteiger partial charge is 0.410 e. The minimum atomic E-state index is -0.880. The van der Waals surface area contributed by atoms with Gasteiger partial charge in [0.2, 0.25) is 0 Å². The number of nitrogens with zero attached hydrogens (tertiary/aromatic N) is 1. The van der Waals surface area contributed by atoms with Gasteiger partial charge in [0.25, 0.3) is 0 Å². The number of aromatic carboxylic acids is 1. The molecule has 1 atom stereocenters. The topological polar surface area (TPSA) is 66.8 Å². The molecule has 0 aliphatic heterocycles. The lowest BCUT2D eigenvalue weighted by molar-refractivity contribution is 0.0214. The molecule has 1 aromatic rings. The molecule has 1 unspecified atom stereocenters. The van der Waals surface area contributed by atoms with E-state index in [1.807, 2.05) is 20.8 Å². The van der Waals surface area contributed by atoms with Gasteiger partial charge in [0.05, 0.1) is 0 Å². The summed E-state index contributed by atoms with van der Waals surface area (Å²) in [6.07, 6.45) is 3.10. The molecule has 1 heterocycles. The molecule has 5 nitrogen and oxygen atoms in total. The van der Waals surface area contributed by atoms with Crippen molar-refractivity contribution in [3.05, 3.63) is 21.4 Å². The lowest BCUT2D eigenvalue weighted by Gasteiger charge is -2.30. The van der Waals surface area contributed by atoms with E-state index in [1.165, 1.54) is 11.3 Å². The molecule has 0 spiro atoms. The van der Waals surface area contributed by atoms with E-state index in [9.17, 15) is 9.59 Å². The van der Waals surface area contributed by atoms with Gasteiger partial charge in [-0.05, 0) is 58.1 Å². The van der Waals surface area contributed by atoms with Crippen LogP contribution in [0.15, 0.2) is 6.07 Å². The van der Waals surface area contributed by atoms with Gasteiger partial charge in [0, 0.05) is 18.0 Å². The molecular formula is C16H23NO4S. The second kappa shape index (κ2) is 6.28. The van der Waals surface area contributed by atoms with Gasteiger partial charge in [-0.1, -0.05) is 0 Å². The maximum absolute atomic E-state index is 12.2. The number of amides is 1. The third kappa shape index (κ3) is 4.00. The average Bonchev–Trinajstić information content (AvgIpc) is 2.68. The molecule has 0 fully saturated rings. The third-order valence-electron chi connectivity index (χ3n) is 3.73. The summed E-state index contributed by atoms with van der Waals surface area (Å²) in [5.74, 6) is -0.880. The van der Waals surface area contributed by atoms with Crippen LogP contribution in [0.3, 0.4) is 0 Å². The number of fused-ring (bicyclic) bond motifs is 1. The zero-order valence-corrected chi connectivity index (χ0v) is 14.3.